The summed E-state index contributed by atoms with van der Waals surface area (Å²) >= 11 is 0. The van der Waals surface area contributed by atoms with Crippen LogP contribution in [-0.2, 0) is 0 Å². The van der Waals surface area contributed by atoms with E-state index in [9.17, 15) is 9.90 Å². The molecular weight excluding hydrogens is 352 g/mol. The van der Waals surface area contributed by atoms with Gasteiger partial charge in [-0.3, -0.25) is 4.98 Å². The van der Waals surface area contributed by atoms with E-state index in [1.807, 2.05) is 67.1 Å². The fourth-order valence-corrected chi connectivity index (χ4v) is 3.15. The summed E-state index contributed by atoms with van der Waals surface area (Å²) < 4.78 is 1.98. The molecule has 2 heterocycles. The van der Waals surface area contributed by atoms with Crippen LogP contribution in [0.1, 0.15) is 11.3 Å². The Kier molecular flexibility index (Phi) is 4.45. The van der Waals surface area contributed by atoms with E-state index < -0.39 is 0 Å². The Hall–Kier alpha value is -3.80. The van der Waals surface area contributed by atoms with Gasteiger partial charge in [0.15, 0.2) is 0 Å². The molecule has 4 rings (SSSR count). The lowest BCUT2D eigenvalue weighted by Crippen LogP contribution is -2.20. The van der Waals surface area contributed by atoms with Gasteiger partial charge in [0.25, 0.3) is 0 Å². The first kappa shape index (κ1) is 17.6. The van der Waals surface area contributed by atoms with Crippen molar-refractivity contribution in [3.8, 4) is 11.4 Å². The first-order valence-corrected chi connectivity index (χ1v) is 8.92. The van der Waals surface area contributed by atoms with Crippen molar-refractivity contribution in [2.24, 2.45) is 0 Å². The second kappa shape index (κ2) is 7.08. The van der Waals surface area contributed by atoms with Crippen LogP contribution in [-0.4, -0.2) is 20.7 Å². The van der Waals surface area contributed by atoms with E-state index in [2.05, 4.69) is 15.6 Å². The van der Waals surface area contributed by atoms with Crippen molar-refractivity contribution < 1.29 is 9.90 Å². The zero-order chi connectivity index (χ0) is 19.7. The first-order valence-electron chi connectivity index (χ1n) is 8.92. The summed E-state index contributed by atoms with van der Waals surface area (Å²) in [5.41, 5.74) is 4.95. The number of aryl methyl sites for hydroxylation is 2. The Bertz CT molecular complexity index is 1160. The monoisotopic (exact) mass is 372 g/mol. The van der Waals surface area contributed by atoms with Gasteiger partial charge in [-0.05, 0) is 55.8 Å². The van der Waals surface area contributed by atoms with Gasteiger partial charge in [-0.25, -0.2) is 4.79 Å². The predicted octanol–water partition coefficient (Wildman–Crippen LogP) is 4.99. The number of nitrogens with one attached hydrogen (secondary N) is 2. The number of amides is 2. The average Bonchev–Trinajstić information content (AvgIpc) is 3.04. The quantitative estimate of drug-likeness (QED) is 0.474. The van der Waals surface area contributed by atoms with E-state index in [4.69, 9.17) is 0 Å². The van der Waals surface area contributed by atoms with Gasteiger partial charge in [-0.1, -0.05) is 18.2 Å². The molecule has 2 aromatic carbocycles. The summed E-state index contributed by atoms with van der Waals surface area (Å²) in [5, 5.41) is 16.3. The Morgan fingerprint density at radius 2 is 1.71 bits per heavy atom. The molecule has 0 aliphatic carbocycles. The average molecular weight is 372 g/mol. The van der Waals surface area contributed by atoms with Crippen LogP contribution in [0.5, 0.6) is 5.75 Å². The Labute approximate surface area is 162 Å². The van der Waals surface area contributed by atoms with Gasteiger partial charge in [-0.2, -0.15) is 0 Å². The minimum Gasteiger partial charge on any atom is -0.508 e. The maximum atomic E-state index is 12.6. The number of carbonyl (C=O) groups is 1. The molecule has 4 aromatic rings. The van der Waals surface area contributed by atoms with Gasteiger partial charge in [0, 0.05) is 23.5 Å². The fraction of sp³-hybridized carbons (Fsp3) is 0.0909. The fourth-order valence-electron chi connectivity index (χ4n) is 3.15. The topological polar surface area (TPSA) is 79.2 Å². The number of pyridine rings is 1. The molecule has 0 fully saturated rings. The van der Waals surface area contributed by atoms with E-state index in [0.29, 0.717) is 11.4 Å². The standard InChI is InChI=1S/C22H20N4O2/c1-14-11-19(15(2)23-12-14)24-22(28)25-20-13-26(16-7-9-17(27)10-8-16)21-6-4-3-5-18(20)21/h3-13,27H,1-2H3,(H2,24,25,28). The molecule has 0 saturated carbocycles. The number of rotatable bonds is 3. The number of aromatic nitrogens is 2. The van der Waals surface area contributed by atoms with Gasteiger partial charge in [0.2, 0.25) is 0 Å². The summed E-state index contributed by atoms with van der Waals surface area (Å²) in [6.07, 6.45) is 3.64. The molecule has 0 atom stereocenters. The van der Waals surface area contributed by atoms with E-state index in [0.717, 1.165) is 27.8 Å². The van der Waals surface area contributed by atoms with E-state index in [-0.39, 0.29) is 11.8 Å². The molecule has 0 radical (unpaired) electrons. The third-order valence-corrected chi connectivity index (χ3v) is 4.56. The van der Waals surface area contributed by atoms with Crippen molar-refractivity contribution >= 4 is 28.3 Å². The number of hydrogen-bond donors (Lipinski definition) is 3. The molecule has 6 nitrogen and oxygen atoms in total. The largest absolute Gasteiger partial charge is 0.508 e. The molecule has 2 amide bonds. The van der Waals surface area contributed by atoms with Crippen LogP contribution in [0.2, 0.25) is 0 Å². The molecule has 0 spiro atoms. The second-order valence-electron chi connectivity index (χ2n) is 6.67. The zero-order valence-electron chi connectivity index (χ0n) is 15.6. The Morgan fingerprint density at radius 1 is 1.00 bits per heavy atom. The van der Waals surface area contributed by atoms with E-state index in [1.54, 1.807) is 18.3 Å². The van der Waals surface area contributed by atoms with Crippen molar-refractivity contribution in [2.75, 3.05) is 10.6 Å². The van der Waals surface area contributed by atoms with Crippen LogP contribution < -0.4 is 10.6 Å². The number of hydrogen-bond acceptors (Lipinski definition) is 3. The highest BCUT2D eigenvalue weighted by Gasteiger charge is 2.13. The van der Waals surface area contributed by atoms with Crippen LogP contribution in [0.25, 0.3) is 16.6 Å². The predicted molar refractivity (Wildman–Crippen MR) is 111 cm³/mol. The Balaban J connectivity index is 1.66. The van der Waals surface area contributed by atoms with Crippen molar-refractivity contribution in [2.45, 2.75) is 13.8 Å². The third kappa shape index (κ3) is 3.40. The number of para-hydroxylation sites is 1. The van der Waals surface area contributed by atoms with Crippen LogP contribution >= 0.6 is 0 Å². The summed E-state index contributed by atoms with van der Waals surface area (Å²) in [7, 11) is 0. The van der Waals surface area contributed by atoms with E-state index >= 15 is 0 Å². The molecule has 0 aliphatic rings. The molecule has 0 unspecified atom stereocenters. The SMILES string of the molecule is Cc1cnc(C)c(NC(=O)Nc2cn(-c3ccc(O)cc3)c3ccccc23)c1. The van der Waals surface area contributed by atoms with Gasteiger partial charge >= 0.3 is 6.03 Å². The highest BCUT2D eigenvalue weighted by atomic mass is 16.3. The van der Waals surface area contributed by atoms with Crippen LogP contribution in [0, 0.1) is 13.8 Å². The molecule has 28 heavy (non-hydrogen) atoms. The van der Waals surface area contributed by atoms with Crippen LogP contribution in [0.3, 0.4) is 0 Å². The lowest BCUT2D eigenvalue weighted by molar-refractivity contribution is 0.262. The number of phenolic OH excluding ortho intramolecular Hbond substituents is 1. The van der Waals surface area contributed by atoms with Crippen molar-refractivity contribution in [3.63, 3.8) is 0 Å². The maximum Gasteiger partial charge on any atom is 0.323 e. The molecule has 2 aromatic heterocycles. The van der Waals surface area contributed by atoms with Gasteiger partial charge in [-0.15, -0.1) is 0 Å². The van der Waals surface area contributed by atoms with Crippen molar-refractivity contribution in [1.29, 1.82) is 0 Å². The number of benzene rings is 2. The van der Waals surface area contributed by atoms with Gasteiger partial charge < -0.3 is 20.3 Å². The highest BCUT2D eigenvalue weighted by molar-refractivity contribution is 6.06. The van der Waals surface area contributed by atoms with Crippen molar-refractivity contribution in [1.82, 2.24) is 9.55 Å². The number of urea groups is 1. The van der Waals surface area contributed by atoms with Crippen molar-refractivity contribution in [3.05, 3.63) is 78.2 Å². The molecule has 140 valence electrons. The van der Waals surface area contributed by atoms with Gasteiger partial charge in [0.1, 0.15) is 5.75 Å². The molecule has 6 heteroatoms. The minimum atomic E-state index is -0.330. The summed E-state index contributed by atoms with van der Waals surface area (Å²) in [5.74, 6) is 0.208. The number of nitrogens with zero attached hydrogens (tertiary/aromatic N) is 2. The normalized spacial score (nSPS) is 10.8. The number of anilines is 2. The molecule has 0 saturated heterocycles. The minimum absolute atomic E-state index is 0.208. The van der Waals surface area contributed by atoms with Crippen LogP contribution in [0.4, 0.5) is 16.2 Å². The number of fused-ring (bicyclic) bond motifs is 1. The lowest BCUT2D eigenvalue weighted by Gasteiger charge is -2.09. The number of carbonyl (C=O) groups excluding carboxylic acids is 1. The molecular formula is C22H20N4O2. The Morgan fingerprint density at radius 3 is 2.50 bits per heavy atom. The summed E-state index contributed by atoms with van der Waals surface area (Å²) in [6, 6.07) is 16.3. The molecule has 0 aliphatic heterocycles. The zero-order valence-corrected chi connectivity index (χ0v) is 15.6. The number of aromatic hydroxyl groups is 1. The third-order valence-electron chi connectivity index (χ3n) is 4.56. The number of phenols is 1. The first-order chi connectivity index (χ1) is 13.5. The van der Waals surface area contributed by atoms with Gasteiger partial charge in [0.05, 0.1) is 22.6 Å². The summed E-state index contributed by atoms with van der Waals surface area (Å²) in [6.45, 7) is 3.78. The lowest BCUT2D eigenvalue weighted by atomic mass is 10.2. The highest BCUT2D eigenvalue weighted by Crippen LogP contribution is 2.29. The summed E-state index contributed by atoms with van der Waals surface area (Å²) in [4.78, 5) is 16.9. The smallest absolute Gasteiger partial charge is 0.323 e. The van der Waals surface area contributed by atoms with E-state index in [1.165, 1.54) is 0 Å². The maximum absolute atomic E-state index is 12.6. The molecule has 3 N–H and O–H groups in total. The van der Waals surface area contributed by atoms with Crippen LogP contribution in [0.15, 0.2) is 67.0 Å². The molecule has 0 bridgehead atoms. The second-order valence-corrected chi connectivity index (χ2v) is 6.67.